The summed E-state index contributed by atoms with van der Waals surface area (Å²) in [5, 5.41) is 11.8. The van der Waals surface area contributed by atoms with E-state index in [1.165, 1.54) is 12.1 Å². The summed E-state index contributed by atoms with van der Waals surface area (Å²) in [6.45, 7) is 3.75. The Kier molecular flexibility index (Phi) is 3.13. The van der Waals surface area contributed by atoms with Gasteiger partial charge in [0.25, 0.3) is 0 Å². The minimum absolute atomic E-state index is 0.287. The van der Waals surface area contributed by atoms with Crippen LogP contribution in [0.5, 0.6) is 0 Å². The second-order valence-corrected chi connectivity index (χ2v) is 4.92. The van der Waals surface area contributed by atoms with E-state index in [2.05, 4.69) is 15.5 Å². The Morgan fingerprint density at radius 3 is 2.57 bits per heavy atom. The Morgan fingerprint density at radius 1 is 1.05 bits per heavy atom. The van der Waals surface area contributed by atoms with E-state index in [1.54, 1.807) is 10.7 Å². The van der Waals surface area contributed by atoms with Crippen LogP contribution < -0.4 is 5.73 Å². The van der Waals surface area contributed by atoms with Crippen molar-refractivity contribution in [2.24, 2.45) is 0 Å². The van der Waals surface area contributed by atoms with Crippen molar-refractivity contribution in [2.75, 3.05) is 5.73 Å². The van der Waals surface area contributed by atoms with Crippen molar-refractivity contribution in [3.63, 3.8) is 0 Å². The van der Waals surface area contributed by atoms with Crippen LogP contribution in [0.3, 0.4) is 0 Å². The number of aromatic nitrogens is 4. The highest BCUT2D eigenvalue weighted by Crippen LogP contribution is 2.24. The third-order valence-corrected chi connectivity index (χ3v) is 3.39. The molecule has 3 rings (SSSR count). The predicted octanol–water partition coefficient (Wildman–Crippen LogP) is 2.67. The van der Waals surface area contributed by atoms with Crippen molar-refractivity contribution in [3.05, 3.63) is 53.3 Å². The van der Waals surface area contributed by atoms with Gasteiger partial charge in [0.1, 0.15) is 5.82 Å². The van der Waals surface area contributed by atoms with Crippen LogP contribution in [0, 0.1) is 19.7 Å². The minimum Gasteiger partial charge on any atom is -0.398 e. The number of nitrogens with zero attached hydrogens (tertiary/aromatic N) is 4. The molecule has 0 aliphatic rings. The van der Waals surface area contributed by atoms with Crippen LogP contribution in [0.4, 0.5) is 10.1 Å². The summed E-state index contributed by atoms with van der Waals surface area (Å²) in [6, 6.07) is 10.1. The van der Waals surface area contributed by atoms with Gasteiger partial charge in [0.05, 0.1) is 5.69 Å². The molecule has 0 aliphatic heterocycles. The standard InChI is InChI=1S/C15H14FN5/c1-9-3-4-11(8-13(9)17)15-18-19-20-21(15)14-6-5-12(16)7-10(14)2/h3-8H,17H2,1-2H3. The average molecular weight is 283 g/mol. The normalized spacial score (nSPS) is 10.8. The van der Waals surface area contributed by atoms with Gasteiger partial charge in [-0.2, -0.15) is 4.68 Å². The molecule has 0 bridgehead atoms. The van der Waals surface area contributed by atoms with Gasteiger partial charge in [0.2, 0.25) is 0 Å². The van der Waals surface area contributed by atoms with Crippen molar-refractivity contribution >= 4 is 5.69 Å². The van der Waals surface area contributed by atoms with Crippen LogP contribution in [0.1, 0.15) is 11.1 Å². The van der Waals surface area contributed by atoms with E-state index in [4.69, 9.17) is 5.73 Å². The van der Waals surface area contributed by atoms with Crippen LogP contribution in [0.25, 0.3) is 17.1 Å². The molecule has 2 aromatic carbocycles. The summed E-state index contributed by atoms with van der Waals surface area (Å²) in [6.07, 6.45) is 0. The predicted molar refractivity (Wildman–Crippen MR) is 78.4 cm³/mol. The number of tetrazole rings is 1. The lowest BCUT2D eigenvalue weighted by molar-refractivity contribution is 0.625. The molecular formula is C15H14FN5. The lowest BCUT2D eigenvalue weighted by Crippen LogP contribution is -2.03. The summed E-state index contributed by atoms with van der Waals surface area (Å²) in [5.41, 5.74) is 9.91. The highest BCUT2D eigenvalue weighted by atomic mass is 19.1. The molecule has 0 atom stereocenters. The molecule has 0 unspecified atom stereocenters. The first-order valence-electron chi connectivity index (χ1n) is 6.47. The fourth-order valence-corrected chi connectivity index (χ4v) is 2.17. The molecule has 5 nitrogen and oxygen atoms in total. The van der Waals surface area contributed by atoms with Gasteiger partial charge in [-0.3, -0.25) is 0 Å². The first-order chi connectivity index (χ1) is 10.1. The van der Waals surface area contributed by atoms with Gasteiger partial charge >= 0.3 is 0 Å². The van der Waals surface area contributed by atoms with E-state index in [1.807, 2.05) is 32.0 Å². The second kappa shape index (κ2) is 4.97. The van der Waals surface area contributed by atoms with Crippen LogP contribution in [-0.4, -0.2) is 20.2 Å². The maximum atomic E-state index is 13.2. The summed E-state index contributed by atoms with van der Waals surface area (Å²) in [5.74, 6) is 0.280. The van der Waals surface area contributed by atoms with Crippen LogP contribution >= 0.6 is 0 Å². The SMILES string of the molecule is Cc1ccc(-c2nnnn2-c2ccc(F)cc2C)cc1N. The van der Waals surface area contributed by atoms with Crippen molar-refractivity contribution in [1.82, 2.24) is 20.2 Å². The van der Waals surface area contributed by atoms with Gasteiger partial charge in [-0.15, -0.1) is 5.10 Å². The monoisotopic (exact) mass is 283 g/mol. The smallest absolute Gasteiger partial charge is 0.187 e. The van der Waals surface area contributed by atoms with Gasteiger partial charge in [-0.05, 0) is 59.7 Å². The fraction of sp³-hybridized carbons (Fsp3) is 0.133. The first-order valence-corrected chi connectivity index (χ1v) is 6.47. The molecule has 0 amide bonds. The van der Waals surface area contributed by atoms with Crippen LogP contribution in [-0.2, 0) is 0 Å². The number of anilines is 1. The van der Waals surface area contributed by atoms with Crippen molar-refractivity contribution in [1.29, 1.82) is 0 Å². The lowest BCUT2D eigenvalue weighted by Gasteiger charge is -2.09. The van der Waals surface area contributed by atoms with E-state index in [0.717, 1.165) is 22.4 Å². The summed E-state index contributed by atoms with van der Waals surface area (Å²) in [4.78, 5) is 0. The van der Waals surface area contributed by atoms with E-state index in [0.29, 0.717) is 11.5 Å². The fourth-order valence-electron chi connectivity index (χ4n) is 2.17. The molecule has 6 heteroatoms. The lowest BCUT2D eigenvalue weighted by atomic mass is 10.1. The molecule has 0 fully saturated rings. The molecular weight excluding hydrogens is 269 g/mol. The average Bonchev–Trinajstić information content (AvgIpc) is 2.91. The van der Waals surface area contributed by atoms with Gasteiger partial charge in [-0.1, -0.05) is 12.1 Å². The van der Waals surface area contributed by atoms with Crippen molar-refractivity contribution in [2.45, 2.75) is 13.8 Å². The number of hydrogen-bond donors (Lipinski definition) is 1. The number of halogens is 1. The molecule has 1 heterocycles. The van der Waals surface area contributed by atoms with E-state index in [9.17, 15) is 4.39 Å². The molecule has 0 saturated carbocycles. The number of nitrogens with two attached hydrogens (primary N) is 1. The Balaban J connectivity index is 2.14. The van der Waals surface area contributed by atoms with Gasteiger partial charge in [0, 0.05) is 11.3 Å². The van der Waals surface area contributed by atoms with Crippen molar-refractivity contribution < 1.29 is 4.39 Å². The Hall–Kier alpha value is -2.76. The molecule has 0 aliphatic carbocycles. The Labute approximate surface area is 121 Å². The Bertz CT molecular complexity index is 810. The van der Waals surface area contributed by atoms with E-state index < -0.39 is 0 Å². The zero-order valence-electron chi connectivity index (χ0n) is 11.7. The number of hydrogen-bond acceptors (Lipinski definition) is 4. The molecule has 0 saturated heterocycles. The number of benzene rings is 2. The summed E-state index contributed by atoms with van der Waals surface area (Å²) >= 11 is 0. The number of nitrogen functional groups attached to an aromatic ring is 1. The molecule has 0 spiro atoms. The van der Waals surface area contributed by atoms with Crippen molar-refractivity contribution in [3.8, 4) is 17.1 Å². The summed E-state index contributed by atoms with van der Waals surface area (Å²) in [7, 11) is 0. The third kappa shape index (κ3) is 2.35. The molecule has 106 valence electrons. The van der Waals surface area contributed by atoms with Crippen LogP contribution in [0.15, 0.2) is 36.4 Å². The molecule has 1 aromatic heterocycles. The minimum atomic E-state index is -0.287. The maximum Gasteiger partial charge on any atom is 0.187 e. The third-order valence-electron chi connectivity index (χ3n) is 3.39. The Morgan fingerprint density at radius 2 is 1.86 bits per heavy atom. The van der Waals surface area contributed by atoms with Gasteiger partial charge in [-0.25, -0.2) is 4.39 Å². The van der Waals surface area contributed by atoms with Crippen LogP contribution in [0.2, 0.25) is 0 Å². The maximum absolute atomic E-state index is 13.2. The molecule has 2 N–H and O–H groups in total. The summed E-state index contributed by atoms with van der Waals surface area (Å²) < 4.78 is 14.8. The second-order valence-electron chi connectivity index (χ2n) is 4.92. The molecule has 3 aromatic rings. The van der Waals surface area contributed by atoms with E-state index >= 15 is 0 Å². The molecule has 21 heavy (non-hydrogen) atoms. The van der Waals surface area contributed by atoms with Gasteiger partial charge in [0.15, 0.2) is 5.82 Å². The largest absolute Gasteiger partial charge is 0.398 e. The zero-order valence-corrected chi connectivity index (χ0v) is 11.7. The van der Waals surface area contributed by atoms with E-state index in [-0.39, 0.29) is 5.82 Å². The first kappa shape index (κ1) is 13.2. The quantitative estimate of drug-likeness (QED) is 0.734. The highest BCUT2D eigenvalue weighted by molar-refractivity contribution is 5.65. The number of rotatable bonds is 2. The highest BCUT2D eigenvalue weighted by Gasteiger charge is 2.13. The zero-order chi connectivity index (χ0) is 15.0. The number of aryl methyl sites for hydroxylation is 2. The molecule has 0 radical (unpaired) electrons. The van der Waals surface area contributed by atoms with Gasteiger partial charge < -0.3 is 5.73 Å². The topological polar surface area (TPSA) is 69.6 Å².